The number of alkyl carbamates (subject to hydrolysis) is 1. The van der Waals surface area contributed by atoms with E-state index in [1.165, 1.54) is 0 Å². The highest BCUT2D eigenvalue weighted by Gasteiger charge is 2.19. The van der Waals surface area contributed by atoms with Crippen molar-refractivity contribution in [2.24, 2.45) is 5.73 Å². The first-order valence-corrected chi connectivity index (χ1v) is 6.70. The van der Waals surface area contributed by atoms with Crippen LogP contribution in [0.1, 0.15) is 40.7 Å². The average molecular weight is 318 g/mol. The van der Waals surface area contributed by atoms with Crippen LogP contribution in [0.5, 0.6) is 0 Å². The quantitative estimate of drug-likeness (QED) is 0.889. The van der Waals surface area contributed by atoms with Crippen molar-refractivity contribution in [2.45, 2.75) is 52.8 Å². The molecule has 6 nitrogen and oxygen atoms in total. The predicted octanol–water partition coefficient (Wildman–Crippen LogP) is 3.10. The summed E-state index contributed by atoms with van der Waals surface area (Å²) in [5.74, 6) is 0. The van der Waals surface area contributed by atoms with Crippen LogP contribution in [0.2, 0.25) is 0 Å². The van der Waals surface area contributed by atoms with Crippen molar-refractivity contribution in [3.63, 3.8) is 0 Å². The van der Waals surface area contributed by atoms with Crippen molar-refractivity contribution in [3.8, 4) is 12.1 Å². The smallest absolute Gasteiger partial charge is 0.408 e. The maximum atomic E-state index is 11.3. The molecule has 1 aromatic rings. The second-order valence-corrected chi connectivity index (χ2v) is 5.76. The highest BCUT2D eigenvalue weighted by atomic mass is 16.5. The Morgan fingerprint density at radius 3 is 2.04 bits per heavy atom. The van der Waals surface area contributed by atoms with Gasteiger partial charge >= 0.3 is 6.09 Å². The minimum atomic E-state index is -0.909. The van der Waals surface area contributed by atoms with E-state index < -0.39 is 17.2 Å². The Bertz CT molecular complexity index is 549. The fourth-order valence-corrected chi connectivity index (χ4v) is 1.04. The molecule has 0 radical (unpaired) electrons. The summed E-state index contributed by atoms with van der Waals surface area (Å²) < 4.78 is 4.96. The number of benzene rings is 1. The van der Waals surface area contributed by atoms with Crippen molar-refractivity contribution in [1.29, 1.82) is 10.5 Å². The van der Waals surface area contributed by atoms with E-state index in [0.29, 0.717) is 0 Å². The highest BCUT2D eigenvalue weighted by molar-refractivity contribution is 5.68. The minimum Gasteiger partial charge on any atom is -0.445 e. The van der Waals surface area contributed by atoms with Crippen LogP contribution < -0.4 is 11.1 Å². The Kier molecular flexibility index (Phi) is 10.1. The molecule has 0 heterocycles. The van der Waals surface area contributed by atoms with Gasteiger partial charge < -0.3 is 15.8 Å². The number of amides is 1. The van der Waals surface area contributed by atoms with Gasteiger partial charge in [-0.1, -0.05) is 37.8 Å². The Labute approximate surface area is 138 Å². The van der Waals surface area contributed by atoms with Gasteiger partial charge in [0.2, 0.25) is 0 Å². The summed E-state index contributed by atoms with van der Waals surface area (Å²) >= 11 is 0. The van der Waals surface area contributed by atoms with E-state index in [-0.39, 0.29) is 14.0 Å². The zero-order valence-electron chi connectivity index (χ0n) is 13.4. The lowest BCUT2D eigenvalue weighted by Crippen LogP contribution is -2.42. The molecule has 0 atom stereocenters. The van der Waals surface area contributed by atoms with E-state index in [0.717, 1.165) is 5.56 Å². The molecule has 1 aromatic carbocycles. The van der Waals surface area contributed by atoms with Gasteiger partial charge in [-0.25, -0.2) is 4.79 Å². The van der Waals surface area contributed by atoms with E-state index in [1.807, 2.05) is 42.5 Å². The van der Waals surface area contributed by atoms with E-state index in [1.54, 1.807) is 27.7 Å². The molecule has 0 spiro atoms. The third-order valence-corrected chi connectivity index (χ3v) is 2.19. The van der Waals surface area contributed by atoms with Gasteiger partial charge in [-0.15, -0.1) is 0 Å². The first-order valence-electron chi connectivity index (χ1n) is 6.70. The van der Waals surface area contributed by atoms with Crippen LogP contribution in [0.3, 0.4) is 0 Å². The lowest BCUT2D eigenvalue weighted by Gasteiger charge is -2.16. The molecule has 0 aliphatic carbocycles. The number of nitriles is 2. The molecular weight excluding hydrogens is 292 g/mol. The molecule has 0 fully saturated rings. The Hall–Kier alpha value is -2.57. The fraction of sp³-hybridized carbons (Fsp3) is 0.471. The number of carbonyl (C=O) groups is 1. The van der Waals surface area contributed by atoms with Crippen LogP contribution in [0.4, 0.5) is 4.79 Å². The lowest BCUT2D eigenvalue weighted by atomic mass is 10.1. The van der Waals surface area contributed by atoms with Crippen molar-refractivity contribution >= 4 is 6.09 Å². The normalized spacial score (nSPS) is 9.87. The number of rotatable bonds is 3. The van der Waals surface area contributed by atoms with Gasteiger partial charge in [-0.05, 0) is 33.3 Å². The van der Waals surface area contributed by atoms with Crippen LogP contribution in [-0.2, 0) is 11.3 Å². The SMILES string of the molecule is C.CC(C)(C#N)NC(=O)OCc1ccccc1.CC(C)(N)C#N. The van der Waals surface area contributed by atoms with Crippen molar-refractivity contribution in [2.75, 3.05) is 0 Å². The van der Waals surface area contributed by atoms with Crippen molar-refractivity contribution in [1.82, 2.24) is 5.32 Å². The summed E-state index contributed by atoms with van der Waals surface area (Å²) in [6.45, 7) is 6.74. The van der Waals surface area contributed by atoms with Crippen molar-refractivity contribution in [3.05, 3.63) is 35.9 Å². The third kappa shape index (κ3) is 12.9. The molecule has 1 rings (SSSR count). The van der Waals surface area contributed by atoms with E-state index in [9.17, 15) is 4.79 Å². The van der Waals surface area contributed by atoms with Gasteiger partial charge in [-0.3, -0.25) is 0 Å². The van der Waals surface area contributed by atoms with Crippen LogP contribution in [0.25, 0.3) is 0 Å². The molecular formula is C17H26N4O2. The van der Waals surface area contributed by atoms with Crippen molar-refractivity contribution < 1.29 is 9.53 Å². The molecule has 0 bridgehead atoms. The second kappa shape index (κ2) is 10.2. The standard InChI is InChI=1S/C12H14N2O2.C4H8N2.CH4/c1-12(2,9-13)14-11(15)16-8-10-6-4-3-5-7-10;1-4(2,6)3-5;/h3-7H,8H2,1-2H3,(H,14,15);6H2,1-2H3;1H4. The number of carbonyl (C=O) groups excluding carboxylic acids is 1. The zero-order chi connectivity index (χ0) is 17.2. The third-order valence-electron chi connectivity index (χ3n) is 2.19. The zero-order valence-corrected chi connectivity index (χ0v) is 13.4. The fourth-order valence-electron chi connectivity index (χ4n) is 1.04. The van der Waals surface area contributed by atoms with Gasteiger partial charge in [0.15, 0.2) is 0 Å². The van der Waals surface area contributed by atoms with Crippen LogP contribution in [0, 0.1) is 22.7 Å². The number of hydrogen-bond donors (Lipinski definition) is 2. The topological polar surface area (TPSA) is 112 Å². The summed E-state index contributed by atoms with van der Waals surface area (Å²) in [4.78, 5) is 11.3. The van der Waals surface area contributed by atoms with Gasteiger partial charge in [0.25, 0.3) is 0 Å². The van der Waals surface area contributed by atoms with Gasteiger partial charge in [0.05, 0.1) is 17.7 Å². The molecule has 0 unspecified atom stereocenters. The average Bonchev–Trinajstić information content (AvgIpc) is 2.46. The number of nitrogens with zero attached hydrogens (tertiary/aromatic N) is 2. The Balaban J connectivity index is 0. The van der Waals surface area contributed by atoms with Gasteiger partial charge in [0, 0.05) is 0 Å². The van der Waals surface area contributed by atoms with E-state index >= 15 is 0 Å². The summed E-state index contributed by atoms with van der Waals surface area (Å²) in [6.07, 6.45) is -0.588. The minimum absolute atomic E-state index is 0. The van der Waals surface area contributed by atoms with E-state index in [4.69, 9.17) is 21.0 Å². The molecule has 23 heavy (non-hydrogen) atoms. The first kappa shape index (κ1) is 22.7. The molecule has 0 aliphatic rings. The van der Waals surface area contributed by atoms with Gasteiger partial charge in [-0.2, -0.15) is 10.5 Å². The Morgan fingerprint density at radius 1 is 1.17 bits per heavy atom. The van der Waals surface area contributed by atoms with Crippen LogP contribution in [-0.4, -0.2) is 17.2 Å². The largest absolute Gasteiger partial charge is 0.445 e. The highest BCUT2D eigenvalue weighted by Crippen LogP contribution is 2.03. The van der Waals surface area contributed by atoms with E-state index in [2.05, 4.69) is 5.32 Å². The molecule has 6 heteroatoms. The molecule has 0 saturated heterocycles. The number of nitrogens with one attached hydrogen (secondary N) is 1. The predicted molar refractivity (Wildman–Crippen MR) is 90.1 cm³/mol. The summed E-state index contributed by atoms with van der Waals surface area (Å²) in [5.41, 5.74) is 4.52. The van der Waals surface area contributed by atoms with Crippen LogP contribution >= 0.6 is 0 Å². The molecule has 0 saturated carbocycles. The maximum absolute atomic E-state index is 11.3. The maximum Gasteiger partial charge on any atom is 0.408 e. The summed E-state index contributed by atoms with van der Waals surface area (Å²) in [6, 6.07) is 13.2. The number of hydrogen-bond acceptors (Lipinski definition) is 5. The Morgan fingerprint density at radius 2 is 1.65 bits per heavy atom. The molecule has 126 valence electrons. The van der Waals surface area contributed by atoms with Gasteiger partial charge in [0.1, 0.15) is 12.1 Å². The monoisotopic (exact) mass is 318 g/mol. The first-order chi connectivity index (χ1) is 10.1. The second-order valence-electron chi connectivity index (χ2n) is 5.76. The lowest BCUT2D eigenvalue weighted by molar-refractivity contribution is 0.133. The summed E-state index contributed by atoms with van der Waals surface area (Å²) in [5, 5.41) is 19.2. The molecule has 1 amide bonds. The molecule has 3 N–H and O–H groups in total. The molecule has 0 aromatic heterocycles. The summed E-state index contributed by atoms with van der Waals surface area (Å²) in [7, 11) is 0. The number of ether oxygens (including phenoxy) is 1. The van der Waals surface area contributed by atoms with Crippen LogP contribution in [0.15, 0.2) is 30.3 Å². The molecule has 0 aliphatic heterocycles. The number of nitrogens with two attached hydrogens (primary N) is 1.